The van der Waals surface area contributed by atoms with Crippen molar-refractivity contribution in [2.45, 2.75) is 13.1 Å². The number of aromatic nitrogens is 2. The number of imidazole rings is 1. The Bertz CT molecular complexity index is 1280. The number of urea groups is 1. The number of hydrogen-bond acceptors (Lipinski definition) is 3. The van der Waals surface area contributed by atoms with Gasteiger partial charge in [0.2, 0.25) is 0 Å². The van der Waals surface area contributed by atoms with E-state index >= 15 is 0 Å². The highest BCUT2D eigenvalue weighted by Gasteiger charge is 2.37. The summed E-state index contributed by atoms with van der Waals surface area (Å²) in [7, 11) is 0. The van der Waals surface area contributed by atoms with Crippen LogP contribution in [0, 0.1) is 0 Å². The van der Waals surface area contributed by atoms with Crippen molar-refractivity contribution >= 4 is 40.0 Å². The summed E-state index contributed by atoms with van der Waals surface area (Å²) in [5, 5.41) is 2.65. The molecule has 154 valence electrons. The molecule has 0 N–H and O–H groups in total. The lowest BCUT2D eigenvalue weighted by Gasteiger charge is -2.19. The Morgan fingerprint density at radius 2 is 1.68 bits per heavy atom. The second-order valence-corrected chi connectivity index (χ2v) is 7.92. The molecule has 5 rings (SSSR count). The minimum Gasteiger partial charge on any atom is -0.328 e. The molecule has 1 fully saturated rings. The maximum Gasteiger partial charge on any atom is 0.332 e. The van der Waals surface area contributed by atoms with Crippen molar-refractivity contribution in [1.82, 2.24) is 14.5 Å². The van der Waals surface area contributed by atoms with Crippen LogP contribution in [0.2, 0.25) is 5.02 Å². The molecule has 3 aromatic carbocycles. The molecular formula is C24H19ClN4O2. The standard InChI is InChI=1S/C24H19ClN4O2/c25-19-10-8-17(9-11-19)13-27-16-26-12-20(27)14-29-23(30)15-28(24(29)31)22-7-3-5-18-4-1-2-6-21(18)22/h1-12,16H,13-15H2. The van der Waals surface area contributed by atoms with Crippen LogP contribution in [0.25, 0.3) is 10.8 Å². The predicted molar refractivity (Wildman–Crippen MR) is 120 cm³/mol. The van der Waals surface area contributed by atoms with Crippen LogP contribution in [0.1, 0.15) is 11.3 Å². The molecule has 0 atom stereocenters. The van der Waals surface area contributed by atoms with Crippen LogP contribution in [0.4, 0.5) is 10.5 Å². The van der Waals surface area contributed by atoms with Gasteiger partial charge in [-0.25, -0.2) is 9.78 Å². The first-order valence-electron chi connectivity index (χ1n) is 9.93. The molecule has 0 aliphatic carbocycles. The quantitative estimate of drug-likeness (QED) is 0.431. The Morgan fingerprint density at radius 1 is 0.903 bits per heavy atom. The number of halogens is 1. The van der Waals surface area contributed by atoms with Gasteiger partial charge in [-0.05, 0) is 29.1 Å². The van der Waals surface area contributed by atoms with Gasteiger partial charge in [-0.15, -0.1) is 0 Å². The van der Waals surface area contributed by atoms with Crippen LogP contribution in [-0.4, -0.2) is 32.9 Å². The molecule has 0 spiro atoms. The molecule has 0 bridgehead atoms. The van der Waals surface area contributed by atoms with Gasteiger partial charge < -0.3 is 4.57 Å². The smallest absolute Gasteiger partial charge is 0.328 e. The van der Waals surface area contributed by atoms with Crippen molar-refractivity contribution in [3.8, 4) is 0 Å². The first-order chi connectivity index (χ1) is 15.1. The van der Waals surface area contributed by atoms with Crippen LogP contribution in [0.15, 0.2) is 79.3 Å². The summed E-state index contributed by atoms with van der Waals surface area (Å²) in [6.45, 7) is 0.778. The largest absolute Gasteiger partial charge is 0.332 e. The average molecular weight is 431 g/mol. The minimum atomic E-state index is -0.319. The molecule has 0 unspecified atom stereocenters. The summed E-state index contributed by atoms with van der Waals surface area (Å²) in [6, 6.07) is 20.9. The van der Waals surface area contributed by atoms with Crippen LogP contribution in [0.3, 0.4) is 0 Å². The Kier molecular flexibility index (Phi) is 4.92. The fourth-order valence-corrected chi connectivity index (χ4v) is 4.03. The van der Waals surface area contributed by atoms with Gasteiger partial charge in [0.1, 0.15) is 6.54 Å². The molecule has 7 heteroatoms. The van der Waals surface area contributed by atoms with Crippen molar-refractivity contribution in [3.63, 3.8) is 0 Å². The molecule has 2 heterocycles. The zero-order valence-corrected chi connectivity index (χ0v) is 17.4. The number of hydrogen-bond donors (Lipinski definition) is 0. The van der Waals surface area contributed by atoms with Crippen LogP contribution in [-0.2, 0) is 17.9 Å². The zero-order valence-electron chi connectivity index (χ0n) is 16.6. The number of anilines is 1. The molecular weight excluding hydrogens is 412 g/mol. The van der Waals surface area contributed by atoms with Gasteiger partial charge in [0, 0.05) is 23.2 Å². The lowest BCUT2D eigenvalue weighted by Crippen LogP contribution is -2.33. The molecule has 1 aromatic heterocycles. The van der Waals surface area contributed by atoms with Gasteiger partial charge >= 0.3 is 6.03 Å². The van der Waals surface area contributed by atoms with E-state index in [9.17, 15) is 9.59 Å². The third-order valence-electron chi connectivity index (χ3n) is 5.50. The highest BCUT2D eigenvalue weighted by molar-refractivity contribution is 6.30. The fraction of sp³-hybridized carbons (Fsp3) is 0.125. The van der Waals surface area contributed by atoms with E-state index in [-0.39, 0.29) is 25.0 Å². The van der Waals surface area contributed by atoms with E-state index in [1.54, 1.807) is 17.4 Å². The highest BCUT2D eigenvalue weighted by atomic mass is 35.5. The number of nitrogens with zero attached hydrogens (tertiary/aromatic N) is 4. The van der Waals surface area contributed by atoms with Crippen molar-refractivity contribution < 1.29 is 9.59 Å². The van der Waals surface area contributed by atoms with E-state index in [0.29, 0.717) is 11.6 Å². The van der Waals surface area contributed by atoms with E-state index in [0.717, 1.165) is 27.7 Å². The number of amides is 3. The fourth-order valence-electron chi connectivity index (χ4n) is 3.90. The van der Waals surface area contributed by atoms with Crippen molar-refractivity contribution in [3.05, 3.63) is 95.5 Å². The van der Waals surface area contributed by atoms with Crippen LogP contribution >= 0.6 is 11.6 Å². The molecule has 3 amide bonds. The minimum absolute atomic E-state index is 0.0260. The maximum absolute atomic E-state index is 13.2. The molecule has 6 nitrogen and oxygen atoms in total. The Hall–Kier alpha value is -3.64. The van der Waals surface area contributed by atoms with E-state index < -0.39 is 0 Å². The van der Waals surface area contributed by atoms with E-state index in [1.165, 1.54) is 4.90 Å². The summed E-state index contributed by atoms with van der Waals surface area (Å²) < 4.78 is 1.93. The summed E-state index contributed by atoms with van der Waals surface area (Å²) >= 11 is 5.97. The summed E-state index contributed by atoms with van der Waals surface area (Å²) in [4.78, 5) is 33.0. The van der Waals surface area contributed by atoms with Gasteiger partial charge in [0.05, 0.1) is 24.3 Å². The number of imide groups is 1. The molecule has 0 saturated carbocycles. The third-order valence-corrected chi connectivity index (χ3v) is 5.75. The first kappa shape index (κ1) is 19.3. The topological polar surface area (TPSA) is 58.4 Å². The lowest BCUT2D eigenvalue weighted by molar-refractivity contribution is -0.125. The molecule has 0 radical (unpaired) electrons. The number of rotatable bonds is 5. The number of carbonyl (C=O) groups excluding carboxylic acids is 2. The number of carbonyl (C=O) groups is 2. The second kappa shape index (κ2) is 7.89. The first-order valence-corrected chi connectivity index (χ1v) is 10.3. The van der Waals surface area contributed by atoms with E-state index in [1.807, 2.05) is 71.3 Å². The SMILES string of the molecule is O=C1CN(c2cccc3ccccc23)C(=O)N1Cc1cncn1Cc1ccc(Cl)cc1. The monoisotopic (exact) mass is 430 g/mol. The summed E-state index contributed by atoms with van der Waals surface area (Å²) in [5.41, 5.74) is 2.59. The Labute approximate surface area is 184 Å². The lowest BCUT2D eigenvalue weighted by atomic mass is 10.1. The number of benzene rings is 3. The molecule has 1 aliphatic rings. The predicted octanol–water partition coefficient (Wildman–Crippen LogP) is 4.71. The van der Waals surface area contributed by atoms with Crippen molar-refractivity contribution in [2.75, 3.05) is 11.4 Å². The highest BCUT2D eigenvalue weighted by Crippen LogP contribution is 2.30. The number of fused-ring (bicyclic) bond motifs is 1. The van der Waals surface area contributed by atoms with E-state index in [4.69, 9.17) is 11.6 Å². The van der Waals surface area contributed by atoms with Gasteiger partial charge in [-0.3, -0.25) is 14.6 Å². The van der Waals surface area contributed by atoms with Crippen LogP contribution in [0.5, 0.6) is 0 Å². The molecule has 1 saturated heterocycles. The van der Waals surface area contributed by atoms with Crippen LogP contribution < -0.4 is 4.90 Å². The van der Waals surface area contributed by atoms with Gasteiger partial charge in [-0.1, -0.05) is 60.1 Å². The third kappa shape index (κ3) is 3.66. The van der Waals surface area contributed by atoms with Crippen molar-refractivity contribution in [1.29, 1.82) is 0 Å². The summed E-state index contributed by atoms with van der Waals surface area (Å²) in [5.74, 6) is -0.225. The van der Waals surface area contributed by atoms with Crippen molar-refractivity contribution in [2.24, 2.45) is 0 Å². The maximum atomic E-state index is 13.2. The van der Waals surface area contributed by atoms with Gasteiger partial charge in [0.15, 0.2) is 0 Å². The van der Waals surface area contributed by atoms with Gasteiger partial charge in [0.25, 0.3) is 5.91 Å². The normalized spacial score (nSPS) is 14.1. The average Bonchev–Trinajstić information content (AvgIpc) is 3.34. The Morgan fingerprint density at radius 3 is 2.52 bits per heavy atom. The molecule has 31 heavy (non-hydrogen) atoms. The van der Waals surface area contributed by atoms with Gasteiger partial charge in [-0.2, -0.15) is 0 Å². The second-order valence-electron chi connectivity index (χ2n) is 7.49. The van der Waals surface area contributed by atoms with E-state index in [2.05, 4.69) is 4.98 Å². The zero-order chi connectivity index (χ0) is 21.4. The summed E-state index contributed by atoms with van der Waals surface area (Å²) in [6.07, 6.45) is 3.40. The molecule has 1 aliphatic heterocycles. The molecule has 4 aromatic rings. The Balaban J connectivity index is 1.39.